The molecule has 0 atom stereocenters. The summed E-state index contributed by atoms with van der Waals surface area (Å²) in [4.78, 5) is 8.62. The predicted octanol–water partition coefficient (Wildman–Crippen LogP) is 1.50. The number of hydrogen-bond acceptors (Lipinski definition) is 3. The molecule has 0 unspecified atom stereocenters. The molecule has 1 rings (SSSR count). The van der Waals surface area contributed by atoms with Crippen molar-refractivity contribution in [2.24, 2.45) is 15.7 Å². The third-order valence-electron chi connectivity index (χ3n) is 1.96. The Hall–Kier alpha value is -1.12. The Balaban J connectivity index is 3.00. The molecule has 0 spiro atoms. The molecule has 0 saturated heterocycles. The molecular formula is C9H15N3. The highest BCUT2D eigenvalue weighted by atomic mass is 14.9. The Kier molecular flexibility index (Phi) is 2.63. The van der Waals surface area contributed by atoms with Gasteiger partial charge in [-0.25, -0.2) is 4.99 Å². The summed E-state index contributed by atoms with van der Waals surface area (Å²) in [5, 5.41) is 0. The predicted molar refractivity (Wildman–Crippen MR) is 52.6 cm³/mol. The number of nitrogens with zero attached hydrogens (tertiary/aromatic N) is 2. The van der Waals surface area contributed by atoms with E-state index in [9.17, 15) is 0 Å². The molecule has 0 amide bonds. The van der Waals surface area contributed by atoms with Gasteiger partial charge >= 0.3 is 0 Å². The fraction of sp³-hybridized carbons (Fsp3) is 0.556. The number of amidine groups is 1. The van der Waals surface area contributed by atoms with E-state index < -0.39 is 0 Å². The molecule has 0 saturated carbocycles. The molecule has 1 aliphatic heterocycles. The Bertz CT molecular complexity index is 271. The minimum atomic E-state index is 0.690. The van der Waals surface area contributed by atoms with E-state index in [0.717, 1.165) is 29.2 Å². The van der Waals surface area contributed by atoms with E-state index in [1.165, 1.54) is 0 Å². The van der Waals surface area contributed by atoms with Gasteiger partial charge in [-0.1, -0.05) is 6.92 Å². The zero-order valence-corrected chi connectivity index (χ0v) is 7.89. The van der Waals surface area contributed by atoms with Crippen LogP contribution in [-0.4, -0.2) is 18.1 Å². The van der Waals surface area contributed by atoms with Crippen LogP contribution in [0.1, 0.15) is 27.2 Å². The first-order chi connectivity index (χ1) is 5.65. The molecule has 0 aliphatic carbocycles. The summed E-state index contributed by atoms with van der Waals surface area (Å²) in [7, 11) is 0. The van der Waals surface area contributed by atoms with Gasteiger partial charge in [0.1, 0.15) is 5.84 Å². The second-order valence-electron chi connectivity index (χ2n) is 2.98. The molecule has 0 aromatic rings. The zero-order valence-electron chi connectivity index (χ0n) is 7.89. The molecule has 1 heterocycles. The van der Waals surface area contributed by atoms with Gasteiger partial charge in [0.2, 0.25) is 0 Å². The Morgan fingerprint density at radius 1 is 1.42 bits per heavy atom. The maximum absolute atomic E-state index is 5.81. The standard InChI is InChI=1S/C9H15N3/c1-4-8-11-5-6(2)9(10)7(3)12-8/h4-5,10H2,1-3H3. The van der Waals surface area contributed by atoms with E-state index in [4.69, 9.17) is 5.73 Å². The van der Waals surface area contributed by atoms with Crippen LogP contribution in [0.25, 0.3) is 0 Å². The van der Waals surface area contributed by atoms with Gasteiger partial charge < -0.3 is 5.73 Å². The van der Waals surface area contributed by atoms with Gasteiger partial charge in [-0.05, 0) is 19.4 Å². The van der Waals surface area contributed by atoms with Crippen LogP contribution >= 0.6 is 0 Å². The van der Waals surface area contributed by atoms with E-state index in [-0.39, 0.29) is 0 Å². The fourth-order valence-corrected chi connectivity index (χ4v) is 1.08. The van der Waals surface area contributed by atoms with Gasteiger partial charge in [0.25, 0.3) is 0 Å². The Morgan fingerprint density at radius 2 is 2.08 bits per heavy atom. The lowest BCUT2D eigenvalue weighted by Gasteiger charge is -2.00. The summed E-state index contributed by atoms with van der Waals surface area (Å²) in [5.41, 5.74) is 8.61. The van der Waals surface area contributed by atoms with Gasteiger partial charge in [-0.2, -0.15) is 0 Å². The normalized spacial score (nSPS) is 18.6. The lowest BCUT2D eigenvalue weighted by Crippen LogP contribution is -2.10. The van der Waals surface area contributed by atoms with E-state index >= 15 is 0 Å². The highest BCUT2D eigenvalue weighted by molar-refractivity contribution is 6.06. The quantitative estimate of drug-likeness (QED) is 0.629. The Labute approximate surface area is 73.1 Å². The number of aliphatic imine (C=N–C) groups is 2. The summed E-state index contributed by atoms with van der Waals surface area (Å²) >= 11 is 0. The largest absolute Gasteiger partial charge is 0.397 e. The van der Waals surface area contributed by atoms with Gasteiger partial charge in [0.05, 0.1) is 18.0 Å². The van der Waals surface area contributed by atoms with Crippen LogP contribution in [-0.2, 0) is 0 Å². The molecule has 3 nitrogen and oxygen atoms in total. The van der Waals surface area contributed by atoms with Crippen molar-refractivity contribution in [2.45, 2.75) is 27.2 Å². The molecule has 1 aliphatic rings. The highest BCUT2D eigenvalue weighted by Gasteiger charge is 2.06. The molecule has 0 fully saturated rings. The summed E-state index contributed by atoms with van der Waals surface area (Å²) in [6, 6.07) is 0. The number of hydrogen-bond donors (Lipinski definition) is 1. The number of nitrogens with two attached hydrogens (primary N) is 1. The first-order valence-corrected chi connectivity index (χ1v) is 4.19. The summed E-state index contributed by atoms with van der Waals surface area (Å²) in [6.45, 7) is 6.66. The maximum Gasteiger partial charge on any atom is 0.123 e. The van der Waals surface area contributed by atoms with Crippen LogP contribution in [0.5, 0.6) is 0 Å². The van der Waals surface area contributed by atoms with E-state index in [1.807, 2.05) is 20.8 Å². The minimum Gasteiger partial charge on any atom is -0.397 e. The van der Waals surface area contributed by atoms with Crippen LogP contribution < -0.4 is 5.73 Å². The highest BCUT2D eigenvalue weighted by Crippen LogP contribution is 2.07. The van der Waals surface area contributed by atoms with Crippen LogP contribution in [0, 0.1) is 0 Å². The molecule has 3 heteroatoms. The van der Waals surface area contributed by atoms with Gasteiger partial charge in [-0.3, -0.25) is 4.99 Å². The SMILES string of the molecule is CCC1=NCC(C)=C(N)C(C)=N1. The summed E-state index contributed by atoms with van der Waals surface area (Å²) < 4.78 is 0. The monoisotopic (exact) mass is 165 g/mol. The molecule has 2 N–H and O–H groups in total. The average Bonchev–Trinajstić information content (AvgIpc) is 2.19. The smallest absolute Gasteiger partial charge is 0.123 e. The van der Waals surface area contributed by atoms with E-state index in [1.54, 1.807) is 0 Å². The lowest BCUT2D eigenvalue weighted by molar-refractivity contribution is 1.09. The van der Waals surface area contributed by atoms with Crippen molar-refractivity contribution < 1.29 is 0 Å². The van der Waals surface area contributed by atoms with Crippen molar-refractivity contribution in [3.05, 3.63) is 11.3 Å². The van der Waals surface area contributed by atoms with Crippen LogP contribution in [0.4, 0.5) is 0 Å². The van der Waals surface area contributed by atoms with E-state index in [0.29, 0.717) is 6.54 Å². The van der Waals surface area contributed by atoms with Gasteiger partial charge in [0.15, 0.2) is 0 Å². The van der Waals surface area contributed by atoms with Crippen LogP contribution in [0.15, 0.2) is 21.3 Å². The number of allylic oxidation sites excluding steroid dienone is 1. The fourth-order valence-electron chi connectivity index (χ4n) is 1.08. The molecular weight excluding hydrogens is 150 g/mol. The minimum absolute atomic E-state index is 0.690. The van der Waals surface area contributed by atoms with Crippen molar-refractivity contribution in [1.29, 1.82) is 0 Å². The van der Waals surface area contributed by atoms with Gasteiger partial charge in [-0.15, -0.1) is 0 Å². The maximum atomic E-state index is 5.81. The van der Waals surface area contributed by atoms with E-state index in [2.05, 4.69) is 9.98 Å². The zero-order chi connectivity index (χ0) is 9.14. The molecule has 0 aromatic heterocycles. The van der Waals surface area contributed by atoms with Crippen molar-refractivity contribution in [3.8, 4) is 0 Å². The Morgan fingerprint density at radius 3 is 2.67 bits per heavy atom. The third kappa shape index (κ3) is 1.72. The first kappa shape index (κ1) is 8.97. The second-order valence-corrected chi connectivity index (χ2v) is 2.98. The third-order valence-corrected chi connectivity index (χ3v) is 1.96. The topological polar surface area (TPSA) is 50.7 Å². The molecule has 12 heavy (non-hydrogen) atoms. The molecule has 0 bridgehead atoms. The van der Waals surface area contributed by atoms with Gasteiger partial charge in [0, 0.05) is 6.42 Å². The van der Waals surface area contributed by atoms with Crippen molar-refractivity contribution in [3.63, 3.8) is 0 Å². The average molecular weight is 165 g/mol. The van der Waals surface area contributed by atoms with Crippen LogP contribution in [0.3, 0.4) is 0 Å². The summed E-state index contributed by atoms with van der Waals surface area (Å²) in [6.07, 6.45) is 0.873. The molecule has 66 valence electrons. The molecule has 0 aromatic carbocycles. The molecule has 0 radical (unpaired) electrons. The van der Waals surface area contributed by atoms with Crippen LogP contribution in [0.2, 0.25) is 0 Å². The second kappa shape index (κ2) is 3.52. The van der Waals surface area contributed by atoms with Crippen molar-refractivity contribution in [1.82, 2.24) is 0 Å². The lowest BCUT2D eigenvalue weighted by atomic mass is 10.2. The number of rotatable bonds is 1. The van der Waals surface area contributed by atoms with Crippen molar-refractivity contribution in [2.75, 3.05) is 6.54 Å². The summed E-state index contributed by atoms with van der Waals surface area (Å²) in [5.74, 6) is 0.896. The van der Waals surface area contributed by atoms with Crippen molar-refractivity contribution >= 4 is 11.5 Å². The first-order valence-electron chi connectivity index (χ1n) is 4.19.